The molecule has 0 aromatic rings. The number of hydrogen-bond acceptors (Lipinski definition) is 2. The Morgan fingerprint density at radius 3 is 1.72 bits per heavy atom. The van der Waals surface area contributed by atoms with E-state index in [-0.39, 0.29) is 5.60 Å². The van der Waals surface area contributed by atoms with Crippen LogP contribution in [0.25, 0.3) is 0 Å². The molecule has 1 aliphatic heterocycles. The normalized spacial score (nSPS) is 33.2. The standard InChI is InChI=1S/C8H16O.C6H12O.C2H6/c1-7-3-5-8(2,9)6-4-7;1-3-6(2)4-7-5-6;1-2/h7,9H,3-6H2,1-2H3;3-5H2,1-2H3;1-2H3. The van der Waals surface area contributed by atoms with Gasteiger partial charge in [-0.25, -0.2) is 0 Å². The van der Waals surface area contributed by atoms with Gasteiger partial charge < -0.3 is 9.84 Å². The molecule has 1 N–H and O–H groups in total. The molecule has 2 aliphatic rings. The summed E-state index contributed by atoms with van der Waals surface area (Å²) >= 11 is 0. The van der Waals surface area contributed by atoms with Crippen LogP contribution in [0, 0.1) is 11.3 Å². The highest BCUT2D eigenvalue weighted by Gasteiger charge is 2.30. The largest absolute Gasteiger partial charge is 0.390 e. The molecule has 2 heteroatoms. The lowest BCUT2D eigenvalue weighted by Crippen LogP contribution is -2.38. The van der Waals surface area contributed by atoms with Crippen LogP contribution in [-0.4, -0.2) is 23.9 Å². The molecule has 1 heterocycles. The van der Waals surface area contributed by atoms with Crippen molar-refractivity contribution in [1.29, 1.82) is 0 Å². The Bertz CT molecular complexity index is 192. The fraction of sp³-hybridized carbons (Fsp3) is 1.00. The fourth-order valence-corrected chi connectivity index (χ4v) is 2.04. The molecule has 110 valence electrons. The van der Waals surface area contributed by atoms with Gasteiger partial charge in [-0.05, 0) is 44.9 Å². The van der Waals surface area contributed by atoms with Gasteiger partial charge in [0.15, 0.2) is 0 Å². The second-order valence-corrected chi connectivity index (χ2v) is 6.34. The van der Waals surface area contributed by atoms with Gasteiger partial charge in [0.2, 0.25) is 0 Å². The third-order valence-electron chi connectivity index (χ3n) is 4.11. The zero-order chi connectivity index (χ0) is 14.2. The Balaban J connectivity index is 0.000000289. The van der Waals surface area contributed by atoms with E-state index in [4.69, 9.17) is 4.74 Å². The lowest BCUT2D eigenvalue weighted by Gasteiger charge is -2.36. The first-order chi connectivity index (χ1) is 8.37. The quantitative estimate of drug-likeness (QED) is 0.755. The van der Waals surface area contributed by atoms with Crippen LogP contribution in [0.15, 0.2) is 0 Å². The monoisotopic (exact) mass is 258 g/mol. The van der Waals surface area contributed by atoms with E-state index in [0.29, 0.717) is 5.41 Å². The molecule has 0 atom stereocenters. The van der Waals surface area contributed by atoms with E-state index >= 15 is 0 Å². The van der Waals surface area contributed by atoms with Gasteiger partial charge in [0.1, 0.15) is 0 Å². The van der Waals surface area contributed by atoms with Gasteiger partial charge in [0.25, 0.3) is 0 Å². The molecule has 2 rings (SSSR count). The molecular weight excluding hydrogens is 224 g/mol. The van der Waals surface area contributed by atoms with Crippen LogP contribution in [0.2, 0.25) is 0 Å². The SMILES string of the molecule is CC.CC1CCC(C)(O)CC1.CCC1(C)COC1. The fourth-order valence-electron chi connectivity index (χ4n) is 2.04. The molecule has 18 heavy (non-hydrogen) atoms. The Labute approximate surface area is 114 Å². The van der Waals surface area contributed by atoms with Crippen LogP contribution in [0.1, 0.15) is 73.6 Å². The van der Waals surface area contributed by atoms with E-state index in [2.05, 4.69) is 20.8 Å². The molecule has 0 amide bonds. The smallest absolute Gasteiger partial charge is 0.0620 e. The number of hydrogen-bond donors (Lipinski definition) is 1. The van der Waals surface area contributed by atoms with Gasteiger partial charge in [0, 0.05) is 5.41 Å². The minimum absolute atomic E-state index is 0.341. The van der Waals surface area contributed by atoms with Crippen LogP contribution >= 0.6 is 0 Å². The lowest BCUT2D eigenvalue weighted by atomic mass is 9.81. The first-order valence-electron chi connectivity index (χ1n) is 7.67. The summed E-state index contributed by atoms with van der Waals surface area (Å²) in [7, 11) is 0. The summed E-state index contributed by atoms with van der Waals surface area (Å²) in [6.07, 6.45) is 5.65. The zero-order valence-electron chi connectivity index (χ0n) is 13.4. The Hall–Kier alpha value is -0.0800. The van der Waals surface area contributed by atoms with Crippen molar-refractivity contribution in [1.82, 2.24) is 0 Å². The van der Waals surface area contributed by atoms with E-state index in [1.165, 1.54) is 19.3 Å². The molecule has 1 saturated carbocycles. The van der Waals surface area contributed by atoms with Crippen molar-refractivity contribution < 1.29 is 9.84 Å². The second kappa shape index (κ2) is 8.16. The summed E-state index contributed by atoms with van der Waals surface area (Å²) < 4.78 is 5.03. The molecule has 0 unspecified atom stereocenters. The molecule has 1 aliphatic carbocycles. The summed E-state index contributed by atoms with van der Waals surface area (Å²) in [5, 5.41) is 9.49. The highest BCUT2D eigenvalue weighted by Crippen LogP contribution is 2.31. The van der Waals surface area contributed by atoms with Crippen LogP contribution in [0.3, 0.4) is 0 Å². The van der Waals surface area contributed by atoms with Gasteiger partial charge in [-0.2, -0.15) is 0 Å². The Kier molecular flexibility index (Phi) is 8.13. The van der Waals surface area contributed by atoms with Gasteiger partial charge >= 0.3 is 0 Å². The highest BCUT2D eigenvalue weighted by molar-refractivity contribution is 4.79. The number of ether oxygens (including phenoxy) is 1. The maximum absolute atomic E-state index is 9.49. The third-order valence-corrected chi connectivity index (χ3v) is 4.11. The average molecular weight is 258 g/mol. The molecule has 0 aromatic carbocycles. The van der Waals surface area contributed by atoms with Crippen molar-refractivity contribution in [3.63, 3.8) is 0 Å². The summed E-state index contributed by atoms with van der Waals surface area (Å²) in [6.45, 7) is 14.6. The summed E-state index contributed by atoms with van der Waals surface area (Å²) in [5.41, 5.74) is 0.201. The minimum Gasteiger partial charge on any atom is -0.390 e. The number of aliphatic hydroxyl groups is 1. The molecule has 2 fully saturated rings. The van der Waals surface area contributed by atoms with Crippen molar-refractivity contribution in [3.8, 4) is 0 Å². The zero-order valence-corrected chi connectivity index (χ0v) is 13.4. The van der Waals surface area contributed by atoms with Crippen LogP contribution < -0.4 is 0 Å². The summed E-state index contributed by atoms with van der Waals surface area (Å²) in [4.78, 5) is 0. The van der Waals surface area contributed by atoms with Crippen molar-refractivity contribution in [2.24, 2.45) is 11.3 Å². The van der Waals surface area contributed by atoms with Crippen LogP contribution in [0.5, 0.6) is 0 Å². The summed E-state index contributed by atoms with van der Waals surface area (Å²) in [5.74, 6) is 0.838. The molecule has 2 nitrogen and oxygen atoms in total. The molecule has 0 bridgehead atoms. The third kappa shape index (κ3) is 6.75. The Morgan fingerprint density at radius 1 is 1.11 bits per heavy atom. The molecule has 0 spiro atoms. The van der Waals surface area contributed by atoms with Crippen molar-refractivity contribution in [2.75, 3.05) is 13.2 Å². The Morgan fingerprint density at radius 2 is 1.56 bits per heavy atom. The second-order valence-electron chi connectivity index (χ2n) is 6.34. The first kappa shape index (κ1) is 17.9. The van der Waals surface area contributed by atoms with Gasteiger partial charge in [0.05, 0.1) is 18.8 Å². The lowest BCUT2D eigenvalue weighted by molar-refractivity contribution is -0.103. The van der Waals surface area contributed by atoms with E-state index in [0.717, 1.165) is 32.0 Å². The first-order valence-corrected chi connectivity index (χ1v) is 7.67. The van der Waals surface area contributed by atoms with Gasteiger partial charge in [-0.15, -0.1) is 0 Å². The molecule has 0 radical (unpaired) electrons. The predicted molar refractivity (Wildman–Crippen MR) is 78.8 cm³/mol. The average Bonchev–Trinajstić information content (AvgIpc) is 2.33. The van der Waals surface area contributed by atoms with E-state index in [9.17, 15) is 5.11 Å². The molecule has 0 aromatic heterocycles. The van der Waals surface area contributed by atoms with Crippen LogP contribution in [-0.2, 0) is 4.74 Å². The maximum atomic E-state index is 9.49. The van der Waals surface area contributed by atoms with Crippen molar-refractivity contribution in [3.05, 3.63) is 0 Å². The highest BCUT2D eigenvalue weighted by atomic mass is 16.5. The van der Waals surface area contributed by atoms with Crippen LogP contribution in [0.4, 0.5) is 0 Å². The van der Waals surface area contributed by atoms with E-state index < -0.39 is 0 Å². The van der Waals surface area contributed by atoms with E-state index in [1.54, 1.807) is 0 Å². The topological polar surface area (TPSA) is 29.5 Å². The summed E-state index contributed by atoms with van der Waals surface area (Å²) in [6, 6.07) is 0. The minimum atomic E-state index is -0.341. The molecular formula is C16H34O2. The van der Waals surface area contributed by atoms with E-state index in [1.807, 2.05) is 20.8 Å². The predicted octanol–water partition coefficient (Wildman–Crippen LogP) is 4.41. The van der Waals surface area contributed by atoms with Crippen molar-refractivity contribution >= 4 is 0 Å². The van der Waals surface area contributed by atoms with Gasteiger partial charge in [-0.3, -0.25) is 0 Å². The van der Waals surface area contributed by atoms with Gasteiger partial charge in [-0.1, -0.05) is 34.6 Å². The maximum Gasteiger partial charge on any atom is 0.0620 e. The van der Waals surface area contributed by atoms with Crippen molar-refractivity contribution in [2.45, 2.75) is 79.2 Å². The molecule has 1 saturated heterocycles. The number of rotatable bonds is 1.